The largest absolute Gasteiger partial charge is 0.334 e. The second kappa shape index (κ2) is 6.37. The molecular formula is C16H20N4O3S. The van der Waals surface area contributed by atoms with Crippen molar-refractivity contribution >= 4 is 15.9 Å². The van der Waals surface area contributed by atoms with Crippen molar-refractivity contribution in [3.8, 4) is 0 Å². The third-order valence-corrected chi connectivity index (χ3v) is 5.72. The molecule has 1 aromatic heterocycles. The zero-order chi connectivity index (χ0) is 17.3. The zero-order valence-electron chi connectivity index (χ0n) is 13.7. The normalized spacial score (nSPS) is 14.5. The van der Waals surface area contributed by atoms with E-state index in [1.54, 1.807) is 24.1 Å². The smallest absolute Gasteiger partial charge is 0.254 e. The quantitative estimate of drug-likeness (QED) is 0.868. The minimum Gasteiger partial charge on any atom is -0.334 e. The summed E-state index contributed by atoms with van der Waals surface area (Å²) >= 11 is 0. The Morgan fingerprint density at radius 1 is 1.42 bits per heavy atom. The Labute approximate surface area is 141 Å². The fourth-order valence-corrected chi connectivity index (χ4v) is 3.90. The second-order valence-electron chi connectivity index (χ2n) is 5.83. The van der Waals surface area contributed by atoms with Crippen LogP contribution in [0, 0.1) is 6.92 Å². The average Bonchev–Trinajstić information content (AvgIpc) is 3.02. The molecule has 3 rings (SSSR count). The second-order valence-corrected chi connectivity index (χ2v) is 7.60. The number of aromatic nitrogens is 2. The van der Waals surface area contributed by atoms with E-state index in [0.29, 0.717) is 25.2 Å². The lowest BCUT2D eigenvalue weighted by Crippen LogP contribution is -2.36. The molecule has 0 bridgehead atoms. The number of nitrogens with zero attached hydrogens (tertiary/aromatic N) is 2. The summed E-state index contributed by atoms with van der Waals surface area (Å²) in [5.41, 5.74) is 3.23. The molecular weight excluding hydrogens is 328 g/mol. The highest BCUT2D eigenvalue weighted by atomic mass is 32.2. The summed E-state index contributed by atoms with van der Waals surface area (Å²) < 4.78 is 26.8. The predicted octanol–water partition coefficient (Wildman–Crippen LogP) is 1.21. The van der Waals surface area contributed by atoms with E-state index in [9.17, 15) is 13.2 Å². The van der Waals surface area contributed by atoms with Gasteiger partial charge in [0.1, 0.15) is 0 Å². The summed E-state index contributed by atoms with van der Waals surface area (Å²) in [4.78, 5) is 14.7. The van der Waals surface area contributed by atoms with E-state index < -0.39 is 10.0 Å². The van der Waals surface area contributed by atoms with Crippen molar-refractivity contribution in [2.45, 2.75) is 31.7 Å². The highest BCUT2D eigenvalue weighted by Crippen LogP contribution is 2.22. The van der Waals surface area contributed by atoms with Gasteiger partial charge in [-0.3, -0.25) is 9.89 Å². The van der Waals surface area contributed by atoms with Crippen LogP contribution in [0.15, 0.2) is 29.3 Å². The summed E-state index contributed by atoms with van der Waals surface area (Å²) in [6, 6.07) is 4.65. The number of nitrogens with one attached hydrogen (secondary N) is 2. The van der Waals surface area contributed by atoms with Crippen LogP contribution in [0.5, 0.6) is 0 Å². The number of rotatable bonds is 4. The number of sulfonamides is 1. The molecule has 1 aliphatic rings. The molecule has 8 heteroatoms. The SMILES string of the molecule is CCNS(=O)(=O)c1ccc(C)c(C(=O)N2CCc3[nH]ncc3C2)c1. The van der Waals surface area contributed by atoms with Crippen LogP contribution in [-0.2, 0) is 23.0 Å². The first-order valence-corrected chi connectivity index (χ1v) is 9.31. The van der Waals surface area contributed by atoms with Gasteiger partial charge in [-0.2, -0.15) is 5.10 Å². The van der Waals surface area contributed by atoms with Crippen LogP contribution in [0.25, 0.3) is 0 Å². The Morgan fingerprint density at radius 3 is 2.96 bits per heavy atom. The third kappa shape index (κ3) is 3.07. The Bertz CT molecular complexity index is 873. The van der Waals surface area contributed by atoms with Gasteiger partial charge in [0.05, 0.1) is 11.1 Å². The molecule has 0 saturated carbocycles. The van der Waals surface area contributed by atoms with Gasteiger partial charge in [-0.1, -0.05) is 13.0 Å². The maximum absolute atomic E-state index is 12.9. The fourth-order valence-electron chi connectivity index (χ4n) is 2.84. The number of carbonyl (C=O) groups is 1. The van der Waals surface area contributed by atoms with Crippen molar-refractivity contribution in [2.24, 2.45) is 0 Å². The van der Waals surface area contributed by atoms with Gasteiger partial charge in [-0.25, -0.2) is 13.1 Å². The van der Waals surface area contributed by atoms with E-state index in [-0.39, 0.29) is 10.8 Å². The van der Waals surface area contributed by atoms with Crippen LogP contribution in [-0.4, -0.2) is 42.5 Å². The van der Waals surface area contributed by atoms with Gasteiger partial charge in [0.15, 0.2) is 0 Å². The first kappa shape index (κ1) is 16.7. The zero-order valence-corrected chi connectivity index (χ0v) is 14.5. The average molecular weight is 348 g/mol. The van der Waals surface area contributed by atoms with Crippen LogP contribution < -0.4 is 4.72 Å². The summed E-state index contributed by atoms with van der Waals surface area (Å²) in [5.74, 6) is -0.159. The minimum absolute atomic E-state index is 0.110. The molecule has 1 amide bonds. The summed E-state index contributed by atoms with van der Waals surface area (Å²) in [6.45, 7) is 4.89. The molecule has 2 N–H and O–H groups in total. The Morgan fingerprint density at radius 2 is 2.21 bits per heavy atom. The lowest BCUT2D eigenvalue weighted by molar-refractivity contribution is 0.0733. The monoisotopic (exact) mass is 348 g/mol. The number of H-pyrrole nitrogens is 1. The van der Waals surface area contributed by atoms with Crippen molar-refractivity contribution in [2.75, 3.05) is 13.1 Å². The Kier molecular flexibility index (Phi) is 4.42. The van der Waals surface area contributed by atoms with Crippen molar-refractivity contribution in [1.82, 2.24) is 19.8 Å². The molecule has 128 valence electrons. The summed E-state index contributed by atoms with van der Waals surface area (Å²) in [5, 5.41) is 6.94. The predicted molar refractivity (Wildman–Crippen MR) is 89.1 cm³/mol. The molecule has 1 aliphatic heterocycles. The van der Waals surface area contributed by atoms with E-state index in [0.717, 1.165) is 23.2 Å². The summed E-state index contributed by atoms with van der Waals surface area (Å²) in [7, 11) is -3.59. The number of hydrogen-bond acceptors (Lipinski definition) is 4. The summed E-state index contributed by atoms with van der Waals surface area (Å²) in [6.07, 6.45) is 2.45. The maximum Gasteiger partial charge on any atom is 0.254 e. The highest BCUT2D eigenvalue weighted by molar-refractivity contribution is 7.89. The molecule has 0 saturated heterocycles. The van der Waals surface area contributed by atoms with Gasteiger partial charge in [0.2, 0.25) is 10.0 Å². The molecule has 0 spiro atoms. The minimum atomic E-state index is -3.59. The Balaban J connectivity index is 1.90. The molecule has 2 aromatic rings. The first-order chi connectivity index (χ1) is 11.4. The lowest BCUT2D eigenvalue weighted by Gasteiger charge is -2.27. The molecule has 0 atom stereocenters. The van der Waals surface area contributed by atoms with Gasteiger partial charge >= 0.3 is 0 Å². The van der Waals surface area contributed by atoms with Crippen LogP contribution in [0.4, 0.5) is 0 Å². The standard InChI is InChI=1S/C16H20N4O3S/c1-3-18-24(22,23)13-5-4-11(2)14(8-13)16(21)20-7-6-15-12(10-20)9-17-19-15/h4-5,8-9,18H,3,6-7,10H2,1-2H3,(H,17,19). The van der Waals surface area contributed by atoms with E-state index in [4.69, 9.17) is 0 Å². The first-order valence-electron chi connectivity index (χ1n) is 7.83. The van der Waals surface area contributed by atoms with Gasteiger partial charge < -0.3 is 4.90 Å². The molecule has 7 nitrogen and oxygen atoms in total. The number of amides is 1. The molecule has 0 radical (unpaired) electrons. The van der Waals surface area contributed by atoms with E-state index in [2.05, 4.69) is 14.9 Å². The molecule has 24 heavy (non-hydrogen) atoms. The number of benzene rings is 1. The molecule has 0 fully saturated rings. The third-order valence-electron chi connectivity index (χ3n) is 4.17. The number of fused-ring (bicyclic) bond motifs is 1. The van der Waals surface area contributed by atoms with Crippen molar-refractivity contribution < 1.29 is 13.2 Å². The van der Waals surface area contributed by atoms with Crippen LogP contribution in [0.2, 0.25) is 0 Å². The molecule has 0 aliphatic carbocycles. The number of aromatic amines is 1. The van der Waals surface area contributed by atoms with E-state index >= 15 is 0 Å². The van der Waals surface area contributed by atoms with Crippen LogP contribution >= 0.6 is 0 Å². The molecule has 0 unspecified atom stereocenters. The van der Waals surface area contributed by atoms with E-state index in [1.165, 1.54) is 12.1 Å². The molecule has 2 heterocycles. The fraction of sp³-hybridized carbons (Fsp3) is 0.375. The lowest BCUT2D eigenvalue weighted by atomic mass is 10.0. The number of aryl methyl sites for hydroxylation is 1. The van der Waals surface area contributed by atoms with Gasteiger partial charge in [-0.15, -0.1) is 0 Å². The highest BCUT2D eigenvalue weighted by Gasteiger charge is 2.25. The van der Waals surface area contributed by atoms with Gasteiger partial charge in [-0.05, 0) is 24.6 Å². The van der Waals surface area contributed by atoms with Crippen molar-refractivity contribution in [3.63, 3.8) is 0 Å². The van der Waals surface area contributed by atoms with Crippen molar-refractivity contribution in [3.05, 3.63) is 46.8 Å². The topological polar surface area (TPSA) is 95.2 Å². The van der Waals surface area contributed by atoms with Gasteiger partial charge in [0, 0.05) is 42.9 Å². The van der Waals surface area contributed by atoms with E-state index in [1.807, 2.05) is 6.92 Å². The Hall–Kier alpha value is -2.19. The van der Waals surface area contributed by atoms with Gasteiger partial charge in [0.25, 0.3) is 5.91 Å². The number of carbonyl (C=O) groups excluding carboxylic acids is 1. The number of hydrogen-bond donors (Lipinski definition) is 2. The van der Waals surface area contributed by atoms with Crippen LogP contribution in [0.3, 0.4) is 0 Å². The maximum atomic E-state index is 12.9. The molecule has 1 aromatic carbocycles. The van der Waals surface area contributed by atoms with Crippen LogP contribution in [0.1, 0.15) is 34.1 Å². The van der Waals surface area contributed by atoms with Crippen molar-refractivity contribution in [1.29, 1.82) is 0 Å².